The maximum atomic E-state index is 15.5. The number of aromatic nitrogens is 2. The number of hydrogen-bond acceptors (Lipinski definition) is 7. The minimum Gasteiger partial charge on any atom is -0.457 e. The molecule has 0 saturated carbocycles. The third-order valence-electron chi connectivity index (χ3n) is 5.91. The minimum atomic E-state index is -1.55. The van der Waals surface area contributed by atoms with Crippen LogP contribution in [0.15, 0.2) is 73.1 Å². The van der Waals surface area contributed by atoms with Crippen molar-refractivity contribution in [2.45, 2.75) is 18.5 Å². The summed E-state index contributed by atoms with van der Waals surface area (Å²) >= 11 is 0. The van der Waals surface area contributed by atoms with Crippen molar-refractivity contribution >= 4 is 17.5 Å². The third-order valence-corrected chi connectivity index (χ3v) is 5.91. The molecule has 1 fully saturated rings. The number of anilines is 2. The number of nitrogens with one attached hydrogen (secondary N) is 1. The molecule has 178 valence electrons. The first kappa shape index (κ1) is 23.7. The number of carbonyl (C=O) groups is 1. The molecule has 1 saturated heterocycles. The molecule has 2 aromatic carbocycles. The summed E-state index contributed by atoms with van der Waals surface area (Å²) in [5.41, 5.74) is 5.79. The van der Waals surface area contributed by atoms with E-state index in [9.17, 15) is 4.79 Å². The van der Waals surface area contributed by atoms with Crippen molar-refractivity contribution in [3.63, 3.8) is 0 Å². The fraction of sp³-hybridized carbons (Fsp3) is 0.231. The van der Waals surface area contributed by atoms with Crippen molar-refractivity contribution in [1.82, 2.24) is 14.9 Å². The van der Waals surface area contributed by atoms with Gasteiger partial charge in [-0.25, -0.2) is 14.4 Å². The molecule has 0 radical (unpaired) electrons. The van der Waals surface area contributed by atoms with Gasteiger partial charge >= 0.3 is 0 Å². The predicted octanol–water partition coefficient (Wildman–Crippen LogP) is 4.34. The Morgan fingerprint density at radius 1 is 1.14 bits per heavy atom. The SMILES string of the molecule is C=C(C#N)C(=O)N1CCC(F)(CNc2ncnc(N)c2-c2ccc(Oc3ccccc3)cc2)CC1. The van der Waals surface area contributed by atoms with Crippen LogP contribution in [0.25, 0.3) is 11.1 Å². The molecule has 1 aliphatic rings. The van der Waals surface area contributed by atoms with Crippen LogP contribution in [0.2, 0.25) is 0 Å². The highest BCUT2D eigenvalue weighted by Gasteiger charge is 2.36. The number of alkyl halides is 1. The van der Waals surface area contributed by atoms with Gasteiger partial charge in [-0.2, -0.15) is 5.26 Å². The highest BCUT2D eigenvalue weighted by molar-refractivity contribution is 5.96. The molecule has 2 heterocycles. The molecule has 0 atom stereocenters. The first-order valence-electron chi connectivity index (χ1n) is 11.1. The normalized spacial score (nSPS) is 14.6. The Balaban J connectivity index is 1.44. The number of nitriles is 1. The molecule has 0 unspecified atom stereocenters. The van der Waals surface area contributed by atoms with E-state index in [-0.39, 0.29) is 43.9 Å². The molecule has 9 heteroatoms. The van der Waals surface area contributed by atoms with Gasteiger partial charge in [0.1, 0.15) is 46.8 Å². The van der Waals surface area contributed by atoms with Crippen LogP contribution in [-0.4, -0.2) is 46.1 Å². The van der Waals surface area contributed by atoms with Crippen LogP contribution in [0, 0.1) is 11.3 Å². The molecule has 0 aliphatic carbocycles. The van der Waals surface area contributed by atoms with Crippen molar-refractivity contribution < 1.29 is 13.9 Å². The van der Waals surface area contributed by atoms with Crippen LogP contribution in [-0.2, 0) is 4.79 Å². The van der Waals surface area contributed by atoms with Crippen LogP contribution >= 0.6 is 0 Å². The smallest absolute Gasteiger partial charge is 0.263 e. The average molecular weight is 473 g/mol. The summed E-state index contributed by atoms with van der Waals surface area (Å²) in [7, 11) is 0. The number of nitrogens with two attached hydrogens (primary N) is 1. The molecular weight excluding hydrogens is 447 g/mol. The number of benzene rings is 2. The number of nitrogens with zero attached hydrogens (tertiary/aromatic N) is 4. The zero-order valence-corrected chi connectivity index (χ0v) is 19.1. The summed E-state index contributed by atoms with van der Waals surface area (Å²) < 4.78 is 21.3. The lowest BCUT2D eigenvalue weighted by molar-refractivity contribution is -0.129. The second kappa shape index (κ2) is 10.2. The Morgan fingerprint density at radius 3 is 2.46 bits per heavy atom. The topological polar surface area (TPSA) is 117 Å². The fourth-order valence-electron chi connectivity index (χ4n) is 3.90. The van der Waals surface area contributed by atoms with E-state index >= 15 is 4.39 Å². The second-order valence-electron chi connectivity index (χ2n) is 8.31. The summed E-state index contributed by atoms with van der Waals surface area (Å²) in [4.78, 5) is 21.9. The van der Waals surface area contributed by atoms with Gasteiger partial charge in [0, 0.05) is 25.9 Å². The van der Waals surface area contributed by atoms with Gasteiger partial charge in [-0.05, 0) is 29.8 Å². The Hall–Kier alpha value is -4.45. The van der Waals surface area contributed by atoms with Gasteiger partial charge in [-0.1, -0.05) is 36.9 Å². The molecule has 3 N–H and O–H groups in total. The monoisotopic (exact) mass is 472 g/mol. The second-order valence-corrected chi connectivity index (χ2v) is 8.31. The van der Waals surface area contributed by atoms with E-state index in [4.69, 9.17) is 15.7 Å². The molecule has 1 aliphatic heterocycles. The number of ether oxygens (including phenoxy) is 1. The van der Waals surface area contributed by atoms with E-state index in [1.54, 1.807) is 6.07 Å². The highest BCUT2D eigenvalue weighted by Crippen LogP contribution is 2.34. The molecular formula is C26H25FN6O2. The number of carbonyl (C=O) groups excluding carboxylic acids is 1. The standard InChI is InChI=1S/C26H25FN6O2/c1-18(15-28)25(34)33-13-11-26(27,12-14-33)16-30-24-22(23(29)31-17-32-24)19-7-9-21(10-8-19)35-20-5-3-2-4-6-20/h2-10,17H,1,11-14,16H2,(H3,29,30,31,32). The zero-order chi connectivity index (χ0) is 24.8. The molecule has 1 amide bonds. The fourth-order valence-corrected chi connectivity index (χ4v) is 3.90. The number of para-hydroxylation sites is 1. The van der Waals surface area contributed by atoms with Crippen LogP contribution in [0.3, 0.4) is 0 Å². The zero-order valence-electron chi connectivity index (χ0n) is 19.1. The maximum absolute atomic E-state index is 15.5. The summed E-state index contributed by atoms with van der Waals surface area (Å²) in [5.74, 6) is 1.62. The Bertz CT molecular complexity index is 1250. The first-order chi connectivity index (χ1) is 16.9. The molecule has 4 rings (SSSR count). The van der Waals surface area contributed by atoms with Gasteiger partial charge in [-0.15, -0.1) is 0 Å². The summed E-state index contributed by atoms with van der Waals surface area (Å²) in [6.45, 7) is 3.85. The summed E-state index contributed by atoms with van der Waals surface area (Å²) in [5, 5.41) is 11.9. The minimum absolute atomic E-state index is 0.00706. The maximum Gasteiger partial charge on any atom is 0.263 e. The van der Waals surface area contributed by atoms with Gasteiger partial charge in [0.05, 0.1) is 12.1 Å². The van der Waals surface area contributed by atoms with Gasteiger partial charge in [0.25, 0.3) is 5.91 Å². The van der Waals surface area contributed by atoms with Crippen LogP contribution in [0.5, 0.6) is 11.5 Å². The Morgan fingerprint density at radius 2 is 1.80 bits per heavy atom. The third kappa shape index (κ3) is 5.55. The van der Waals surface area contributed by atoms with E-state index in [0.29, 0.717) is 17.1 Å². The molecule has 1 aromatic heterocycles. The number of nitrogen functional groups attached to an aromatic ring is 1. The Kier molecular flexibility index (Phi) is 6.92. The Labute approximate surface area is 202 Å². The van der Waals surface area contributed by atoms with Crippen molar-refractivity contribution in [3.05, 3.63) is 73.1 Å². The number of amides is 1. The van der Waals surface area contributed by atoms with Crippen molar-refractivity contribution in [2.24, 2.45) is 0 Å². The number of likely N-dealkylation sites (tertiary alicyclic amines) is 1. The van der Waals surface area contributed by atoms with Gasteiger partial charge in [-0.3, -0.25) is 4.79 Å². The largest absolute Gasteiger partial charge is 0.457 e. The van der Waals surface area contributed by atoms with Crippen molar-refractivity contribution in [1.29, 1.82) is 5.26 Å². The molecule has 8 nitrogen and oxygen atoms in total. The summed E-state index contributed by atoms with van der Waals surface area (Å²) in [6.07, 6.45) is 1.59. The lowest BCUT2D eigenvalue weighted by Crippen LogP contribution is -2.47. The van der Waals surface area contributed by atoms with Gasteiger partial charge < -0.3 is 20.7 Å². The quantitative estimate of drug-likeness (QED) is 0.388. The van der Waals surface area contributed by atoms with Crippen LogP contribution < -0.4 is 15.8 Å². The first-order valence-corrected chi connectivity index (χ1v) is 11.1. The van der Waals surface area contributed by atoms with Crippen molar-refractivity contribution in [3.8, 4) is 28.7 Å². The van der Waals surface area contributed by atoms with Crippen LogP contribution in [0.1, 0.15) is 12.8 Å². The molecule has 3 aromatic rings. The average Bonchev–Trinajstić information content (AvgIpc) is 2.88. The van der Waals surface area contributed by atoms with E-state index in [1.807, 2.05) is 54.6 Å². The number of halogens is 1. The van der Waals surface area contributed by atoms with E-state index < -0.39 is 11.6 Å². The predicted molar refractivity (Wildman–Crippen MR) is 131 cm³/mol. The molecule has 0 bridgehead atoms. The lowest BCUT2D eigenvalue weighted by Gasteiger charge is -2.36. The van der Waals surface area contributed by atoms with Gasteiger partial charge in [0.2, 0.25) is 0 Å². The number of piperidine rings is 1. The van der Waals surface area contributed by atoms with E-state index in [2.05, 4.69) is 21.9 Å². The number of rotatable bonds is 7. The highest BCUT2D eigenvalue weighted by atomic mass is 19.1. The molecule has 35 heavy (non-hydrogen) atoms. The van der Waals surface area contributed by atoms with Crippen LogP contribution in [0.4, 0.5) is 16.0 Å². The van der Waals surface area contributed by atoms with Crippen molar-refractivity contribution in [2.75, 3.05) is 30.7 Å². The van der Waals surface area contributed by atoms with E-state index in [0.717, 1.165) is 11.3 Å². The van der Waals surface area contributed by atoms with Gasteiger partial charge in [0.15, 0.2) is 0 Å². The summed E-state index contributed by atoms with van der Waals surface area (Å²) in [6, 6.07) is 18.5. The van der Waals surface area contributed by atoms with E-state index in [1.165, 1.54) is 11.2 Å². The number of hydrogen-bond donors (Lipinski definition) is 2. The lowest BCUT2D eigenvalue weighted by atomic mass is 9.92. The molecule has 0 spiro atoms.